The molecule has 4 rings (SSSR count). The van der Waals surface area contributed by atoms with E-state index in [1.165, 1.54) is 29.4 Å². The number of fused-ring (bicyclic) bond motifs is 1. The molecule has 0 saturated heterocycles. The Kier molecular flexibility index (Phi) is 3.74. The Labute approximate surface area is 143 Å². The first-order valence-corrected chi connectivity index (χ1v) is 7.85. The number of allylic oxidation sites excluding steroid dienone is 1. The molecule has 1 N–H and O–H groups in total. The highest BCUT2D eigenvalue weighted by Gasteiger charge is 2.36. The van der Waals surface area contributed by atoms with Crippen LogP contribution in [0.25, 0.3) is 5.57 Å². The van der Waals surface area contributed by atoms with E-state index in [0.29, 0.717) is 34.8 Å². The summed E-state index contributed by atoms with van der Waals surface area (Å²) < 4.78 is 12.2. The molecule has 0 saturated carbocycles. The van der Waals surface area contributed by atoms with Crippen molar-refractivity contribution in [1.29, 1.82) is 0 Å². The minimum Gasteiger partial charge on any atom is -0.868 e. The molecule has 6 nitrogen and oxygen atoms in total. The van der Waals surface area contributed by atoms with Gasteiger partial charge in [0, 0.05) is 18.6 Å². The van der Waals surface area contributed by atoms with Gasteiger partial charge in [0.2, 0.25) is 11.8 Å². The van der Waals surface area contributed by atoms with Crippen LogP contribution in [0, 0.1) is 0 Å². The average molecular weight is 337 g/mol. The standard InChI is InChI=1S/C19H15NO5/c21-11-16-14(19-4-2-6-25-19)9-17(22)15-8-12(18(23)10-20(15)16)7-13-3-1-5-24-13/h1-6,8-10,16,21H,7,11H2. The van der Waals surface area contributed by atoms with Gasteiger partial charge in [0.25, 0.3) is 5.69 Å². The smallest absolute Gasteiger partial charge is 0.253 e. The number of ketones is 1. The summed E-state index contributed by atoms with van der Waals surface area (Å²) in [6.45, 7) is -0.256. The number of carbonyl (C=O) groups is 1. The van der Waals surface area contributed by atoms with Gasteiger partial charge < -0.3 is 19.0 Å². The molecule has 1 atom stereocenters. The second-order valence-corrected chi connectivity index (χ2v) is 5.85. The van der Waals surface area contributed by atoms with Crippen LogP contribution in [0.3, 0.4) is 0 Å². The minimum atomic E-state index is -0.552. The van der Waals surface area contributed by atoms with Crippen LogP contribution in [-0.2, 0) is 6.42 Å². The molecule has 1 unspecified atom stereocenters. The highest BCUT2D eigenvalue weighted by Crippen LogP contribution is 2.30. The monoisotopic (exact) mass is 337 g/mol. The van der Waals surface area contributed by atoms with Gasteiger partial charge in [0.1, 0.15) is 18.1 Å². The van der Waals surface area contributed by atoms with E-state index in [2.05, 4.69) is 0 Å². The number of pyridine rings is 1. The highest BCUT2D eigenvalue weighted by atomic mass is 16.3. The molecule has 0 fully saturated rings. The first kappa shape index (κ1) is 15.4. The predicted octanol–water partition coefficient (Wildman–Crippen LogP) is 1.64. The third kappa shape index (κ3) is 2.66. The Hall–Kier alpha value is -3.12. The molecule has 3 aromatic rings. The molecule has 25 heavy (non-hydrogen) atoms. The van der Waals surface area contributed by atoms with Gasteiger partial charge in [-0.15, -0.1) is 0 Å². The van der Waals surface area contributed by atoms with E-state index < -0.39 is 6.04 Å². The lowest BCUT2D eigenvalue weighted by molar-refractivity contribution is -0.715. The lowest BCUT2D eigenvalue weighted by Crippen LogP contribution is -2.49. The summed E-state index contributed by atoms with van der Waals surface area (Å²) in [5.41, 5.74) is 1.38. The molecule has 0 bridgehead atoms. The molecule has 0 radical (unpaired) electrons. The van der Waals surface area contributed by atoms with Crippen molar-refractivity contribution < 1.29 is 28.4 Å². The summed E-state index contributed by atoms with van der Waals surface area (Å²) in [6.07, 6.45) is 6.17. The maximum absolute atomic E-state index is 12.6. The molecule has 126 valence electrons. The molecule has 4 heterocycles. The average Bonchev–Trinajstić information content (AvgIpc) is 3.29. The largest absolute Gasteiger partial charge is 0.868 e. The fourth-order valence-electron chi connectivity index (χ4n) is 3.11. The van der Waals surface area contributed by atoms with Crippen molar-refractivity contribution in [2.75, 3.05) is 6.61 Å². The summed E-state index contributed by atoms with van der Waals surface area (Å²) in [6, 6.07) is 7.98. The van der Waals surface area contributed by atoms with Gasteiger partial charge in [-0.05, 0) is 35.6 Å². The summed E-state index contributed by atoms with van der Waals surface area (Å²) in [7, 11) is 0. The second-order valence-electron chi connectivity index (χ2n) is 5.85. The summed E-state index contributed by atoms with van der Waals surface area (Å²) in [4.78, 5) is 12.6. The normalized spacial score (nSPS) is 16.6. The lowest BCUT2D eigenvalue weighted by Gasteiger charge is -2.21. The van der Waals surface area contributed by atoms with Crippen molar-refractivity contribution in [2.24, 2.45) is 0 Å². The molecule has 0 spiro atoms. The maximum Gasteiger partial charge on any atom is 0.253 e. The third-order valence-electron chi connectivity index (χ3n) is 4.32. The number of rotatable bonds is 4. The van der Waals surface area contributed by atoms with Gasteiger partial charge >= 0.3 is 0 Å². The Morgan fingerprint density at radius 3 is 2.68 bits per heavy atom. The van der Waals surface area contributed by atoms with Crippen LogP contribution in [0.2, 0.25) is 0 Å². The van der Waals surface area contributed by atoms with Crippen molar-refractivity contribution in [1.82, 2.24) is 0 Å². The van der Waals surface area contributed by atoms with Crippen LogP contribution < -0.4 is 9.67 Å². The molecule has 1 aliphatic heterocycles. The predicted molar refractivity (Wildman–Crippen MR) is 84.7 cm³/mol. The molecule has 6 heteroatoms. The number of hydrogen-bond acceptors (Lipinski definition) is 5. The second kappa shape index (κ2) is 6.07. The summed E-state index contributed by atoms with van der Waals surface area (Å²) in [5.74, 6) is 0.692. The molecule has 1 aliphatic rings. The van der Waals surface area contributed by atoms with Crippen LogP contribution >= 0.6 is 0 Å². The van der Waals surface area contributed by atoms with Crippen LogP contribution in [-0.4, -0.2) is 17.5 Å². The number of furan rings is 2. The van der Waals surface area contributed by atoms with Crippen molar-refractivity contribution in [3.8, 4) is 5.75 Å². The number of aliphatic hydroxyl groups is 1. The Morgan fingerprint density at radius 2 is 2.00 bits per heavy atom. The zero-order valence-corrected chi connectivity index (χ0v) is 13.2. The first-order chi connectivity index (χ1) is 12.2. The summed E-state index contributed by atoms with van der Waals surface area (Å²) >= 11 is 0. The summed E-state index contributed by atoms with van der Waals surface area (Å²) in [5, 5.41) is 22.3. The molecule has 0 aliphatic carbocycles. The number of aliphatic hydroxyl groups excluding tert-OH is 1. The number of hydrogen-bond donors (Lipinski definition) is 1. The van der Waals surface area contributed by atoms with E-state index in [4.69, 9.17) is 8.83 Å². The van der Waals surface area contributed by atoms with Gasteiger partial charge in [-0.2, -0.15) is 4.57 Å². The van der Waals surface area contributed by atoms with Crippen molar-refractivity contribution >= 4 is 11.4 Å². The third-order valence-corrected chi connectivity index (χ3v) is 4.32. The Balaban J connectivity index is 1.78. The fraction of sp³-hybridized carbons (Fsp3) is 0.158. The van der Waals surface area contributed by atoms with Crippen LogP contribution in [0.5, 0.6) is 5.75 Å². The van der Waals surface area contributed by atoms with Gasteiger partial charge in [-0.3, -0.25) is 4.79 Å². The fourth-order valence-corrected chi connectivity index (χ4v) is 3.11. The molecular weight excluding hydrogens is 322 g/mol. The number of carbonyl (C=O) groups excluding carboxylic acids is 1. The van der Waals surface area contributed by atoms with Crippen LogP contribution in [0.1, 0.15) is 33.6 Å². The Bertz CT molecular complexity index is 939. The van der Waals surface area contributed by atoms with Crippen molar-refractivity contribution in [3.63, 3.8) is 0 Å². The highest BCUT2D eigenvalue weighted by molar-refractivity contribution is 6.07. The number of aromatic nitrogens is 1. The molecule has 3 aromatic heterocycles. The number of nitrogens with zero attached hydrogens (tertiary/aromatic N) is 1. The molecule has 0 aromatic carbocycles. The van der Waals surface area contributed by atoms with Gasteiger partial charge in [0.15, 0.2) is 6.20 Å². The minimum absolute atomic E-state index is 0.216. The van der Waals surface area contributed by atoms with E-state index in [9.17, 15) is 15.0 Å². The van der Waals surface area contributed by atoms with Crippen molar-refractivity contribution in [2.45, 2.75) is 12.5 Å². The zero-order chi connectivity index (χ0) is 17.4. The van der Waals surface area contributed by atoms with Crippen LogP contribution in [0.4, 0.5) is 0 Å². The zero-order valence-electron chi connectivity index (χ0n) is 13.2. The molecule has 0 amide bonds. The van der Waals surface area contributed by atoms with E-state index in [1.54, 1.807) is 30.3 Å². The van der Waals surface area contributed by atoms with Gasteiger partial charge in [-0.1, -0.05) is 0 Å². The van der Waals surface area contributed by atoms with E-state index in [0.717, 1.165) is 0 Å². The SMILES string of the molecule is O=C1C=C(c2ccco2)C(CO)[n+]2cc([O-])c(Cc3ccco3)cc21. The van der Waals surface area contributed by atoms with E-state index in [1.807, 2.05) is 0 Å². The quantitative estimate of drug-likeness (QED) is 0.731. The maximum atomic E-state index is 12.6. The van der Waals surface area contributed by atoms with Gasteiger partial charge in [-0.25, -0.2) is 0 Å². The first-order valence-electron chi connectivity index (χ1n) is 7.85. The molecular formula is C19H15NO5. The topological polar surface area (TPSA) is 90.5 Å². The van der Waals surface area contributed by atoms with E-state index >= 15 is 0 Å². The van der Waals surface area contributed by atoms with Crippen molar-refractivity contribution in [3.05, 3.63) is 77.9 Å². The van der Waals surface area contributed by atoms with E-state index in [-0.39, 0.29) is 18.1 Å². The lowest BCUT2D eigenvalue weighted by atomic mass is 9.95. The van der Waals surface area contributed by atoms with Crippen LogP contribution in [0.15, 0.2) is 64.0 Å². The van der Waals surface area contributed by atoms with Gasteiger partial charge in [0.05, 0.1) is 18.1 Å². The Morgan fingerprint density at radius 1 is 1.20 bits per heavy atom.